The van der Waals surface area contributed by atoms with E-state index in [2.05, 4.69) is 31.6 Å². The second kappa shape index (κ2) is 43.2. The van der Waals surface area contributed by atoms with E-state index >= 15 is 4.79 Å². The van der Waals surface area contributed by atoms with Gasteiger partial charge in [-0.25, -0.2) is 4.79 Å². The summed E-state index contributed by atoms with van der Waals surface area (Å²) in [5.74, 6) is -8.61. The smallest absolute Gasteiger partial charge is 0.312 e. The topological polar surface area (TPSA) is 381 Å². The van der Waals surface area contributed by atoms with Crippen LogP contribution >= 0.6 is 0 Å². The molecule has 104 heavy (non-hydrogen) atoms. The number of urea groups is 1. The fraction of sp³-hybridized carbons (Fsp3) is 0.582. The van der Waals surface area contributed by atoms with Crippen LogP contribution in [0.3, 0.4) is 0 Å². The molecule has 0 aromatic heterocycles. The maximum Gasteiger partial charge on any atom is 0.312 e. The van der Waals surface area contributed by atoms with Gasteiger partial charge in [0.1, 0.15) is 22.7 Å². The van der Waals surface area contributed by atoms with Gasteiger partial charge in [0.05, 0.1) is 54.0 Å². The summed E-state index contributed by atoms with van der Waals surface area (Å²) in [4.78, 5) is 170. The lowest BCUT2D eigenvalue weighted by Crippen LogP contribution is -2.48. The quantitative estimate of drug-likeness (QED) is 0.0113. The number of nitrogens with zero attached hydrogens (tertiary/aromatic N) is 2. The van der Waals surface area contributed by atoms with Crippen molar-refractivity contribution in [2.24, 2.45) is 40.1 Å². The molecule has 0 fully saturated rings. The maximum atomic E-state index is 15.0. The Morgan fingerprint density at radius 3 is 1.55 bits per heavy atom. The average molecular weight is 1450 g/mol. The number of ether oxygens (including phenoxy) is 3. The number of primary amides is 1. The summed E-state index contributed by atoms with van der Waals surface area (Å²) in [6.45, 7) is 22.5. The van der Waals surface area contributed by atoms with E-state index in [4.69, 9.17) is 25.7 Å². The Morgan fingerprint density at radius 1 is 0.529 bits per heavy atom. The van der Waals surface area contributed by atoms with E-state index in [1.165, 1.54) is 12.2 Å². The van der Waals surface area contributed by atoms with Crippen molar-refractivity contribution >= 4 is 76.4 Å². The van der Waals surface area contributed by atoms with Crippen molar-refractivity contribution in [1.82, 2.24) is 31.5 Å². The highest BCUT2D eigenvalue weighted by molar-refractivity contribution is 6.12. The molecule has 10 N–H and O–H groups in total. The molecular weight excluding hydrogens is 1330 g/mol. The fourth-order valence-corrected chi connectivity index (χ4v) is 11.6. The number of hydrogen-bond donors (Lipinski definition) is 8. The Morgan fingerprint density at radius 2 is 1.02 bits per heavy atom. The van der Waals surface area contributed by atoms with Crippen LogP contribution in [-0.2, 0) is 76.7 Å². The van der Waals surface area contributed by atoms with Gasteiger partial charge in [0, 0.05) is 82.6 Å². The number of aliphatic carboxylic acids is 1. The zero-order valence-corrected chi connectivity index (χ0v) is 63.2. The minimum Gasteiger partial charge on any atom is -0.488 e. The number of carboxylic acids is 1. The molecule has 3 aromatic carbocycles. The first-order valence-corrected chi connectivity index (χ1v) is 36.5. The molecule has 7 atom stereocenters. The number of rotatable bonds is 48. The van der Waals surface area contributed by atoms with Gasteiger partial charge in [-0.3, -0.25) is 62.6 Å². The normalized spacial score (nSPS) is 14.7. The van der Waals surface area contributed by atoms with E-state index in [1.807, 2.05) is 92.6 Å². The lowest BCUT2D eigenvalue weighted by atomic mass is 9.87. The molecule has 8 amide bonds. The van der Waals surface area contributed by atoms with E-state index in [-0.39, 0.29) is 83.5 Å². The number of Topliss-reactive ketones (excluding diaryl/α,β-unsaturated/α-hetero) is 4. The maximum absolute atomic E-state index is 15.0. The molecule has 25 heteroatoms. The van der Waals surface area contributed by atoms with E-state index in [9.17, 15) is 57.8 Å². The predicted molar refractivity (Wildman–Crippen MR) is 397 cm³/mol. The summed E-state index contributed by atoms with van der Waals surface area (Å²) in [5.41, 5.74) is 11.7. The molecule has 1 heterocycles. The zero-order valence-electron chi connectivity index (χ0n) is 63.2. The third-order valence-corrected chi connectivity index (χ3v) is 17.0. The molecule has 0 aliphatic carbocycles. The van der Waals surface area contributed by atoms with Gasteiger partial charge < -0.3 is 57.4 Å². The number of imide groups is 1. The molecule has 25 nitrogen and oxygen atoms in total. The Kier molecular flexibility index (Phi) is 36.3. The number of carboxylic acid groups (broad SMARTS) is 1. The highest BCUT2D eigenvalue weighted by Gasteiger charge is 2.36. The van der Waals surface area contributed by atoms with Gasteiger partial charge in [0.25, 0.3) is 11.8 Å². The minimum atomic E-state index is -1.27. The average Bonchev–Trinajstić information content (AvgIpc) is 1.35. The number of carbonyl (C=O) groups is 12. The minimum absolute atomic E-state index is 0.00768. The fourth-order valence-electron chi connectivity index (χ4n) is 11.6. The molecule has 0 radical (unpaired) electrons. The number of aryl methyl sites for hydroxylation is 1. The van der Waals surface area contributed by atoms with Crippen molar-refractivity contribution < 1.29 is 76.9 Å². The number of amides is 8. The lowest BCUT2D eigenvalue weighted by molar-refractivity contribution is -0.144. The van der Waals surface area contributed by atoms with Crippen LogP contribution in [0.4, 0.5) is 4.79 Å². The number of hydrogen-bond acceptors (Lipinski definition) is 16. The van der Waals surface area contributed by atoms with Gasteiger partial charge >= 0.3 is 12.0 Å². The number of carbonyl (C=O) groups excluding carboxylic acids is 11. The summed E-state index contributed by atoms with van der Waals surface area (Å²) in [6, 6.07) is 17.8. The van der Waals surface area contributed by atoms with E-state index < -0.39 is 161 Å². The first kappa shape index (κ1) is 87.3. The second-order valence-electron chi connectivity index (χ2n) is 30.2. The third kappa shape index (κ3) is 34.9. The molecule has 0 spiro atoms. The van der Waals surface area contributed by atoms with Crippen molar-refractivity contribution in [3.63, 3.8) is 0 Å². The molecule has 0 saturated heterocycles. The molecule has 1 aliphatic rings. The Balaban J connectivity index is 1.61. The molecule has 4 rings (SSSR count). The van der Waals surface area contributed by atoms with Gasteiger partial charge in [0.2, 0.25) is 23.6 Å². The number of ketones is 4. The number of amidine groups is 1. The van der Waals surface area contributed by atoms with Gasteiger partial charge in [-0.05, 0) is 180 Å². The predicted octanol–water partition coefficient (Wildman–Crippen LogP) is 8.90. The number of aliphatic imine (C=N–C) groups is 1. The highest BCUT2D eigenvalue weighted by atomic mass is 16.5. The summed E-state index contributed by atoms with van der Waals surface area (Å²) in [6.07, 6.45) is 3.32. The van der Waals surface area contributed by atoms with Gasteiger partial charge in [0.15, 0.2) is 23.1 Å². The van der Waals surface area contributed by atoms with Gasteiger partial charge in [-0.15, -0.1) is 0 Å². The van der Waals surface area contributed by atoms with Crippen molar-refractivity contribution in [1.29, 1.82) is 0 Å². The van der Waals surface area contributed by atoms with Crippen LogP contribution in [0, 0.1) is 23.7 Å². The number of unbranched alkanes of at least 4 members (excludes halogenated alkanes) is 2. The van der Waals surface area contributed by atoms with Crippen LogP contribution in [0.2, 0.25) is 0 Å². The van der Waals surface area contributed by atoms with Crippen LogP contribution in [0.25, 0.3) is 0 Å². The van der Waals surface area contributed by atoms with Crippen molar-refractivity contribution in [2.75, 3.05) is 26.2 Å². The molecule has 572 valence electrons. The molecule has 1 aliphatic heterocycles. The SMILES string of the molecule is CCC(N)=NCCC[C@H](NC(=O)CCCCCN1C(=O)C=CC1=O)C(=O)C[C@@H](COC(C)(C)C)C(=O)N[C@@H](CCCNC(N)=O)C(=O)CCC(=O)N[C@@H](CCc1ccccc1)C(=O)C[C@@H](Cc1ccc(OC(C)(C)C)cc1)C(=O)N[C@@H](CC(C)C)C(=O)C[C@@H](Cc1ccc(OC(C)(C)C)cc1)C(=O)O. The van der Waals surface area contributed by atoms with Crippen LogP contribution in [0.5, 0.6) is 11.5 Å². The van der Waals surface area contributed by atoms with E-state index in [1.54, 1.807) is 69.3 Å². The monoisotopic (exact) mass is 1450 g/mol. The first-order valence-electron chi connectivity index (χ1n) is 36.5. The standard InChI is InChI=1S/C79H115N9O16/c1-13-68(80)82-41-20-25-61(84-69(93)26-18-15-19-43-88-71(95)39-40-72(88)96)66(91)49-57(50-102-77(4,5)6)74(98)86-60(24-21-42-83-76(81)101)64(89)37-38-70(94)85-62(36-31-52-22-16-14-17-23-52)65(90)47-55(45-53-27-32-58(33-28-53)103-78(7,8)9)73(97)87-63(44-51(2)3)67(92)48-56(75(99)100)46-54-29-34-59(35-30-54)104-79(10,11)12/h14,16-17,22-23,27-30,32-35,39-40,51,55-57,60-63H,13,15,18-21,24-26,31,36-38,41-50H2,1-12H3,(H2,80,82)(H,84,93)(H,85,94)(H,86,98)(H,87,97)(H,99,100)(H3,81,83,101)/t55-,56-,57+,60+,61+,62+,63+/m1/s1. The number of nitrogens with two attached hydrogens (primary N) is 2. The molecule has 0 bridgehead atoms. The Labute approximate surface area is 613 Å². The van der Waals surface area contributed by atoms with E-state index in [0.717, 1.165) is 10.5 Å². The van der Waals surface area contributed by atoms with Crippen molar-refractivity contribution in [3.05, 3.63) is 108 Å². The molecule has 0 unspecified atom stereocenters. The second-order valence-corrected chi connectivity index (χ2v) is 30.2. The van der Waals surface area contributed by atoms with Crippen molar-refractivity contribution in [3.8, 4) is 11.5 Å². The summed E-state index contributed by atoms with van der Waals surface area (Å²) < 4.78 is 18.1. The lowest BCUT2D eigenvalue weighted by Gasteiger charge is -2.27. The number of nitrogens with one attached hydrogen (secondary N) is 5. The van der Waals surface area contributed by atoms with Crippen LogP contribution in [-0.4, -0.2) is 154 Å². The number of benzene rings is 3. The van der Waals surface area contributed by atoms with Crippen LogP contribution in [0.15, 0.2) is 96.0 Å². The molecule has 0 saturated carbocycles. The Hall–Kier alpha value is -9.13. The largest absolute Gasteiger partial charge is 0.488 e. The highest BCUT2D eigenvalue weighted by Crippen LogP contribution is 2.26. The van der Waals surface area contributed by atoms with E-state index in [0.29, 0.717) is 67.0 Å². The Bertz CT molecular complexity index is 3390. The summed E-state index contributed by atoms with van der Waals surface area (Å²) in [5, 5.41) is 24.3. The van der Waals surface area contributed by atoms with Crippen LogP contribution in [0.1, 0.15) is 203 Å². The van der Waals surface area contributed by atoms with Gasteiger partial charge in [-0.2, -0.15) is 0 Å². The third-order valence-electron chi connectivity index (χ3n) is 17.0. The van der Waals surface area contributed by atoms with Crippen LogP contribution < -0.4 is 47.5 Å². The van der Waals surface area contributed by atoms with Gasteiger partial charge in [-0.1, -0.05) is 81.8 Å². The first-order chi connectivity index (χ1) is 48.9. The zero-order chi connectivity index (χ0) is 77.3. The molecule has 3 aromatic rings. The molecular formula is C79H115N9O16. The summed E-state index contributed by atoms with van der Waals surface area (Å²) in [7, 11) is 0. The van der Waals surface area contributed by atoms with Crippen molar-refractivity contribution in [2.45, 2.75) is 246 Å². The summed E-state index contributed by atoms with van der Waals surface area (Å²) >= 11 is 0.